The predicted molar refractivity (Wildman–Crippen MR) is 95.3 cm³/mol. The number of imidazole rings is 1. The standard InChI is InChI=1S/C15H17N11/c1-2-26(25-6-5-16-10-25)14-7-12(18-9-19-14)11-3-4-13(17-8-11)20-15-21-23-24-22-15/h3-8,10,19H,2,9H2,1H3,(H2,17,20,21,22,23,24). The average molecular weight is 351 g/mol. The van der Waals surface area contributed by atoms with Gasteiger partial charge in [0.25, 0.3) is 5.95 Å². The molecular weight excluding hydrogens is 334 g/mol. The first-order valence-corrected chi connectivity index (χ1v) is 8.06. The molecule has 0 fully saturated rings. The van der Waals surface area contributed by atoms with Crippen LogP contribution in [0.4, 0.5) is 11.8 Å². The van der Waals surface area contributed by atoms with Gasteiger partial charge in [-0.05, 0) is 24.3 Å². The van der Waals surface area contributed by atoms with Gasteiger partial charge in [-0.3, -0.25) is 10.0 Å². The smallest absolute Gasteiger partial charge is 0.268 e. The maximum Gasteiger partial charge on any atom is 0.268 e. The fourth-order valence-electron chi connectivity index (χ4n) is 2.57. The first-order chi connectivity index (χ1) is 12.8. The molecule has 11 heteroatoms. The second-order valence-corrected chi connectivity index (χ2v) is 5.36. The van der Waals surface area contributed by atoms with E-state index in [-0.39, 0.29) is 0 Å². The van der Waals surface area contributed by atoms with Crippen LogP contribution in [0, 0.1) is 0 Å². The van der Waals surface area contributed by atoms with Crippen LogP contribution in [-0.2, 0) is 0 Å². The molecule has 0 unspecified atom stereocenters. The van der Waals surface area contributed by atoms with Crippen LogP contribution < -0.4 is 15.6 Å². The van der Waals surface area contributed by atoms with Crippen LogP contribution in [0.25, 0.3) is 0 Å². The molecule has 4 heterocycles. The zero-order chi connectivity index (χ0) is 17.8. The van der Waals surface area contributed by atoms with Crippen LogP contribution in [0.15, 0.2) is 53.9 Å². The summed E-state index contributed by atoms with van der Waals surface area (Å²) in [6.07, 6.45) is 9.17. The molecule has 11 nitrogen and oxygen atoms in total. The van der Waals surface area contributed by atoms with E-state index in [1.165, 1.54) is 0 Å². The Balaban J connectivity index is 1.53. The molecule has 3 aromatic rings. The Morgan fingerprint density at radius 3 is 3.00 bits per heavy atom. The summed E-state index contributed by atoms with van der Waals surface area (Å²) in [7, 11) is 0. The summed E-state index contributed by atoms with van der Waals surface area (Å²) < 4.78 is 1.93. The van der Waals surface area contributed by atoms with Crippen molar-refractivity contribution in [2.75, 3.05) is 23.5 Å². The highest BCUT2D eigenvalue weighted by Crippen LogP contribution is 2.13. The molecule has 0 aliphatic carbocycles. The van der Waals surface area contributed by atoms with Gasteiger partial charge in [-0.1, -0.05) is 5.10 Å². The van der Waals surface area contributed by atoms with Crippen LogP contribution in [0.5, 0.6) is 0 Å². The number of aromatic nitrogens is 7. The minimum Gasteiger partial charge on any atom is -0.351 e. The number of H-pyrrole nitrogens is 1. The third-order valence-electron chi connectivity index (χ3n) is 3.77. The van der Waals surface area contributed by atoms with E-state index in [0.717, 1.165) is 23.6 Å². The van der Waals surface area contributed by atoms with Crippen molar-refractivity contribution >= 4 is 17.5 Å². The highest BCUT2D eigenvalue weighted by molar-refractivity contribution is 6.09. The van der Waals surface area contributed by atoms with Crippen molar-refractivity contribution in [1.82, 2.24) is 40.6 Å². The van der Waals surface area contributed by atoms with Gasteiger partial charge < -0.3 is 10.6 Å². The van der Waals surface area contributed by atoms with Crippen molar-refractivity contribution in [2.45, 2.75) is 6.92 Å². The van der Waals surface area contributed by atoms with Gasteiger partial charge in [-0.15, -0.1) is 5.10 Å². The lowest BCUT2D eigenvalue weighted by Gasteiger charge is -2.28. The summed E-state index contributed by atoms with van der Waals surface area (Å²) in [5, 5.41) is 21.9. The molecule has 3 N–H and O–H groups in total. The Bertz CT molecular complexity index is 894. The van der Waals surface area contributed by atoms with E-state index in [2.05, 4.69) is 58.2 Å². The lowest BCUT2D eigenvalue weighted by Crippen LogP contribution is -2.41. The Morgan fingerprint density at radius 1 is 1.35 bits per heavy atom. The molecule has 0 radical (unpaired) electrons. The zero-order valence-corrected chi connectivity index (χ0v) is 14.0. The number of hydrogen-bond donors (Lipinski definition) is 3. The number of aliphatic imine (C=N–C) groups is 1. The molecule has 0 atom stereocenters. The van der Waals surface area contributed by atoms with Gasteiger partial charge in [0.05, 0.1) is 5.71 Å². The summed E-state index contributed by atoms with van der Waals surface area (Å²) >= 11 is 0. The summed E-state index contributed by atoms with van der Waals surface area (Å²) in [5.41, 5.74) is 1.78. The number of nitrogens with zero attached hydrogens (tertiary/aromatic N) is 8. The van der Waals surface area contributed by atoms with Crippen LogP contribution >= 0.6 is 0 Å². The van der Waals surface area contributed by atoms with E-state index in [1.807, 2.05) is 29.1 Å². The van der Waals surface area contributed by atoms with Gasteiger partial charge in [0, 0.05) is 36.8 Å². The molecule has 0 aromatic carbocycles. The number of pyridine rings is 1. The molecule has 1 aliphatic heterocycles. The van der Waals surface area contributed by atoms with Crippen molar-refractivity contribution in [3.63, 3.8) is 0 Å². The third kappa shape index (κ3) is 3.22. The lowest BCUT2D eigenvalue weighted by molar-refractivity contribution is 0.614. The van der Waals surface area contributed by atoms with Crippen molar-refractivity contribution in [3.05, 3.63) is 54.5 Å². The molecule has 0 bridgehead atoms. The van der Waals surface area contributed by atoms with Crippen LogP contribution in [-0.4, -0.2) is 54.2 Å². The fraction of sp³-hybridized carbons (Fsp3) is 0.200. The van der Waals surface area contributed by atoms with Crippen LogP contribution in [0.2, 0.25) is 0 Å². The van der Waals surface area contributed by atoms with Crippen molar-refractivity contribution in [3.8, 4) is 0 Å². The zero-order valence-electron chi connectivity index (χ0n) is 14.0. The van der Waals surface area contributed by atoms with E-state index >= 15 is 0 Å². The molecule has 0 saturated heterocycles. The van der Waals surface area contributed by atoms with E-state index in [4.69, 9.17) is 0 Å². The Kier molecular flexibility index (Phi) is 4.24. The van der Waals surface area contributed by atoms with Crippen molar-refractivity contribution in [2.24, 2.45) is 4.99 Å². The minimum atomic E-state index is 0.366. The molecule has 0 amide bonds. The Labute approximate surface area is 148 Å². The molecule has 132 valence electrons. The lowest BCUT2D eigenvalue weighted by atomic mass is 10.1. The summed E-state index contributed by atoms with van der Waals surface area (Å²) in [6.45, 7) is 3.36. The topological polar surface area (TPSA) is 125 Å². The number of tetrazole rings is 1. The molecule has 4 rings (SSSR count). The van der Waals surface area contributed by atoms with Crippen LogP contribution in [0.1, 0.15) is 12.5 Å². The molecule has 1 aliphatic rings. The summed E-state index contributed by atoms with van der Waals surface area (Å²) in [5.74, 6) is 1.94. The molecular formula is C15H17N11. The second kappa shape index (κ2) is 7.01. The monoisotopic (exact) mass is 351 g/mol. The summed E-state index contributed by atoms with van der Waals surface area (Å²) in [6, 6.07) is 3.79. The van der Waals surface area contributed by atoms with Gasteiger partial charge in [-0.2, -0.15) is 5.21 Å². The number of anilines is 2. The van der Waals surface area contributed by atoms with E-state index in [1.54, 1.807) is 18.7 Å². The third-order valence-corrected chi connectivity index (χ3v) is 3.77. The number of nitrogens with one attached hydrogen (secondary N) is 3. The highest BCUT2D eigenvalue weighted by Gasteiger charge is 2.15. The number of hydrogen-bond acceptors (Lipinski definition) is 9. The summed E-state index contributed by atoms with van der Waals surface area (Å²) in [4.78, 5) is 13.0. The molecule has 0 saturated carbocycles. The van der Waals surface area contributed by atoms with Gasteiger partial charge in [0.2, 0.25) is 0 Å². The molecule has 26 heavy (non-hydrogen) atoms. The van der Waals surface area contributed by atoms with Gasteiger partial charge in [0.1, 0.15) is 24.6 Å². The van der Waals surface area contributed by atoms with Gasteiger partial charge in [-0.25, -0.2) is 14.6 Å². The van der Waals surface area contributed by atoms with Crippen LogP contribution in [0.3, 0.4) is 0 Å². The number of rotatable bonds is 6. The number of allylic oxidation sites excluding steroid dienone is 1. The van der Waals surface area contributed by atoms with Crippen molar-refractivity contribution in [1.29, 1.82) is 0 Å². The minimum absolute atomic E-state index is 0.366. The number of aromatic amines is 1. The van der Waals surface area contributed by atoms with E-state index < -0.39 is 0 Å². The van der Waals surface area contributed by atoms with Gasteiger partial charge >= 0.3 is 0 Å². The largest absolute Gasteiger partial charge is 0.351 e. The molecule has 3 aromatic heterocycles. The highest BCUT2D eigenvalue weighted by atomic mass is 15.6. The maximum atomic E-state index is 4.53. The maximum absolute atomic E-state index is 4.53. The van der Waals surface area contributed by atoms with E-state index in [0.29, 0.717) is 18.4 Å². The molecule has 0 spiro atoms. The SMILES string of the molecule is CCN(C1=CC(c2ccc(Nc3nn[nH]n3)nc2)=NCN1)n1ccnc1. The average Bonchev–Trinajstić information content (AvgIpc) is 3.38. The van der Waals surface area contributed by atoms with E-state index in [9.17, 15) is 0 Å². The first-order valence-electron chi connectivity index (χ1n) is 8.06. The first kappa shape index (κ1) is 15.7. The predicted octanol–water partition coefficient (Wildman–Crippen LogP) is 0.384. The normalized spacial score (nSPS) is 13.6. The Morgan fingerprint density at radius 2 is 2.31 bits per heavy atom. The fourth-order valence-corrected chi connectivity index (χ4v) is 2.57. The van der Waals surface area contributed by atoms with Gasteiger partial charge in [0.15, 0.2) is 0 Å². The second-order valence-electron chi connectivity index (χ2n) is 5.36. The Hall–Kier alpha value is -3.76. The quantitative estimate of drug-likeness (QED) is 0.582. The van der Waals surface area contributed by atoms with Crippen molar-refractivity contribution < 1.29 is 0 Å².